The fourth-order valence-electron chi connectivity index (χ4n) is 0.886. The first-order valence-electron chi connectivity index (χ1n) is 3.52. The second-order valence-electron chi connectivity index (χ2n) is 2.55. The molecular formula is C8H7FN2O2. The predicted molar refractivity (Wildman–Crippen MR) is 45.6 cm³/mol. The first kappa shape index (κ1) is 9.31. The van der Waals surface area contributed by atoms with Crippen LogP contribution in [0.1, 0.15) is 12.5 Å². The lowest BCUT2D eigenvalue weighted by molar-refractivity contribution is -0.387. The van der Waals surface area contributed by atoms with E-state index in [2.05, 4.69) is 0 Å². The van der Waals surface area contributed by atoms with Gasteiger partial charge in [-0.1, -0.05) is 0 Å². The van der Waals surface area contributed by atoms with Gasteiger partial charge in [-0.25, -0.2) is 0 Å². The molecule has 0 atom stereocenters. The van der Waals surface area contributed by atoms with Crippen molar-refractivity contribution in [3.05, 3.63) is 39.7 Å². The van der Waals surface area contributed by atoms with Gasteiger partial charge in [0.25, 0.3) is 0 Å². The summed E-state index contributed by atoms with van der Waals surface area (Å²) in [7, 11) is 0. The van der Waals surface area contributed by atoms with Gasteiger partial charge in [-0.05, 0) is 19.1 Å². The molecule has 0 aliphatic rings. The summed E-state index contributed by atoms with van der Waals surface area (Å²) in [6.45, 7) is 1.48. The van der Waals surface area contributed by atoms with Crippen LogP contribution in [0.3, 0.4) is 0 Å². The van der Waals surface area contributed by atoms with Gasteiger partial charge in [0.15, 0.2) is 0 Å². The standard InChI is InChI=1S/C8H7FN2O2/c1-5(10)6-2-3-7(9)8(4-6)11(12)13/h2-4,10H,1H3. The summed E-state index contributed by atoms with van der Waals surface area (Å²) in [6.07, 6.45) is 0. The molecule has 0 heterocycles. The average molecular weight is 182 g/mol. The van der Waals surface area contributed by atoms with E-state index in [1.54, 1.807) is 0 Å². The van der Waals surface area contributed by atoms with Crippen LogP contribution in [0, 0.1) is 21.3 Å². The number of benzene rings is 1. The monoisotopic (exact) mass is 182 g/mol. The normalized spacial score (nSPS) is 9.69. The Morgan fingerprint density at radius 3 is 2.69 bits per heavy atom. The molecule has 0 amide bonds. The molecule has 1 N–H and O–H groups in total. The molecule has 13 heavy (non-hydrogen) atoms. The van der Waals surface area contributed by atoms with E-state index in [0.29, 0.717) is 5.56 Å². The van der Waals surface area contributed by atoms with Gasteiger partial charge in [0.1, 0.15) is 0 Å². The minimum atomic E-state index is -0.880. The SMILES string of the molecule is CC(=N)c1ccc(F)c([N+](=O)[O-])c1. The van der Waals surface area contributed by atoms with Gasteiger partial charge in [0.05, 0.1) is 4.92 Å². The molecule has 0 aliphatic carbocycles. The predicted octanol–water partition coefficient (Wildman–Crippen LogP) is 2.12. The number of nitro benzene ring substituents is 1. The second kappa shape index (κ2) is 3.30. The van der Waals surface area contributed by atoms with Crippen LogP contribution < -0.4 is 0 Å². The Morgan fingerprint density at radius 1 is 1.62 bits per heavy atom. The van der Waals surface area contributed by atoms with Crippen molar-refractivity contribution in [1.82, 2.24) is 0 Å². The van der Waals surface area contributed by atoms with Gasteiger partial charge in [0.2, 0.25) is 5.82 Å². The number of nitrogens with one attached hydrogen (secondary N) is 1. The fraction of sp³-hybridized carbons (Fsp3) is 0.125. The van der Waals surface area contributed by atoms with E-state index in [1.165, 1.54) is 13.0 Å². The highest BCUT2D eigenvalue weighted by atomic mass is 19.1. The highest BCUT2D eigenvalue weighted by Gasteiger charge is 2.14. The average Bonchev–Trinajstić information content (AvgIpc) is 2.04. The first-order chi connectivity index (χ1) is 6.02. The molecule has 0 aromatic heterocycles. The molecule has 68 valence electrons. The summed E-state index contributed by atoms with van der Waals surface area (Å²) in [5.41, 5.74) is -0.0692. The highest BCUT2D eigenvalue weighted by Crippen LogP contribution is 2.18. The van der Waals surface area contributed by atoms with Gasteiger partial charge in [-0.15, -0.1) is 0 Å². The zero-order valence-electron chi connectivity index (χ0n) is 6.87. The molecule has 0 unspecified atom stereocenters. The van der Waals surface area contributed by atoms with Gasteiger partial charge >= 0.3 is 5.69 Å². The Labute approximate surface area is 73.7 Å². The third-order valence-corrected chi connectivity index (χ3v) is 1.58. The Kier molecular flexibility index (Phi) is 2.36. The summed E-state index contributed by atoms with van der Waals surface area (Å²) in [5.74, 6) is -0.880. The molecule has 4 nitrogen and oxygen atoms in total. The first-order valence-corrected chi connectivity index (χ1v) is 3.52. The van der Waals surface area contributed by atoms with E-state index in [1.807, 2.05) is 0 Å². The minimum absolute atomic E-state index is 0.170. The maximum atomic E-state index is 12.8. The number of nitrogens with zero attached hydrogens (tertiary/aromatic N) is 1. The molecule has 0 spiro atoms. The van der Waals surface area contributed by atoms with Crippen molar-refractivity contribution < 1.29 is 9.31 Å². The number of nitro groups is 1. The molecule has 0 radical (unpaired) electrons. The van der Waals surface area contributed by atoms with Gasteiger partial charge < -0.3 is 5.41 Å². The Hall–Kier alpha value is -1.78. The van der Waals surface area contributed by atoms with Gasteiger partial charge in [-0.3, -0.25) is 10.1 Å². The summed E-state index contributed by atoms with van der Waals surface area (Å²) >= 11 is 0. The quantitative estimate of drug-likeness (QED) is 0.432. The Balaban J connectivity index is 3.27. The molecule has 1 rings (SSSR count). The van der Waals surface area contributed by atoms with E-state index < -0.39 is 16.4 Å². The molecular weight excluding hydrogens is 175 g/mol. The molecule has 0 saturated heterocycles. The topological polar surface area (TPSA) is 67.0 Å². The van der Waals surface area contributed by atoms with Crippen LogP contribution in [0.4, 0.5) is 10.1 Å². The van der Waals surface area contributed by atoms with Crippen molar-refractivity contribution in [3.8, 4) is 0 Å². The summed E-state index contributed by atoms with van der Waals surface area (Å²) in [5, 5.41) is 17.5. The van der Waals surface area contributed by atoms with Crippen molar-refractivity contribution in [2.24, 2.45) is 0 Å². The van der Waals surface area contributed by atoms with Crippen LogP contribution >= 0.6 is 0 Å². The molecule has 0 saturated carbocycles. The van der Waals surface area contributed by atoms with Crippen LogP contribution in [0.5, 0.6) is 0 Å². The zero-order chi connectivity index (χ0) is 10.0. The van der Waals surface area contributed by atoms with Crippen molar-refractivity contribution in [2.75, 3.05) is 0 Å². The minimum Gasteiger partial charge on any atom is -0.305 e. The highest BCUT2D eigenvalue weighted by molar-refractivity contribution is 5.96. The number of hydrogen-bond donors (Lipinski definition) is 1. The Bertz CT molecular complexity index is 376. The fourth-order valence-corrected chi connectivity index (χ4v) is 0.886. The van der Waals surface area contributed by atoms with Crippen molar-refractivity contribution in [3.63, 3.8) is 0 Å². The Morgan fingerprint density at radius 2 is 2.23 bits per heavy atom. The maximum absolute atomic E-state index is 12.8. The number of hydrogen-bond acceptors (Lipinski definition) is 3. The third kappa shape index (κ3) is 1.87. The van der Waals surface area contributed by atoms with Gasteiger partial charge in [-0.2, -0.15) is 4.39 Å². The van der Waals surface area contributed by atoms with Crippen LogP contribution in [0.2, 0.25) is 0 Å². The van der Waals surface area contributed by atoms with E-state index in [9.17, 15) is 14.5 Å². The van der Waals surface area contributed by atoms with E-state index >= 15 is 0 Å². The zero-order valence-corrected chi connectivity index (χ0v) is 6.87. The van der Waals surface area contributed by atoms with E-state index in [-0.39, 0.29) is 5.71 Å². The summed E-state index contributed by atoms with van der Waals surface area (Å²) < 4.78 is 12.8. The van der Waals surface area contributed by atoms with Crippen LogP contribution in [-0.4, -0.2) is 10.6 Å². The number of rotatable bonds is 2. The lowest BCUT2D eigenvalue weighted by Gasteiger charge is -1.98. The smallest absolute Gasteiger partial charge is 0.305 e. The molecule has 1 aromatic rings. The molecule has 0 bridgehead atoms. The van der Waals surface area contributed by atoms with Crippen LogP contribution in [0.25, 0.3) is 0 Å². The molecule has 1 aromatic carbocycles. The summed E-state index contributed by atoms with van der Waals surface area (Å²) in [4.78, 5) is 9.49. The van der Waals surface area contributed by atoms with Crippen molar-refractivity contribution in [1.29, 1.82) is 5.41 Å². The maximum Gasteiger partial charge on any atom is 0.305 e. The second-order valence-corrected chi connectivity index (χ2v) is 2.55. The largest absolute Gasteiger partial charge is 0.305 e. The lowest BCUT2D eigenvalue weighted by Crippen LogP contribution is -1.97. The van der Waals surface area contributed by atoms with Crippen molar-refractivity contribution in [2.45, 2.75) is 6.92 Å². The third-order valence-electron chi connectivity index (χ3n) is 1.58. The van der Waals surface area contributed by atoms with E-state index in [0.717, 1.165) is 12.1 Å². The van der Waals surface area contributed by atoms with Crippen molar-refractivity contribution >= 4 is 11.4 Å². The van der Waals surface area contributed by atoms with Crippen LogP contribution in [0.15, 0.2) is 18.2 Å². The summed E-state index contributed by atoms with van der Waals surface area (Å²) in [6, 6.07) is 3.38. The number of halogens is 1. The molecule has 0 aliphatic heterocycles. The lowest BCUT2D eigenvalue weighted by atomic mass is 10.1. The molecule has 5 heteroatoms. The van der Waals surface area contributed by atoms with Gasteiger partial charge in [0, 0.05) is 17.3 Å². The van der Waals surface area contributed by atoms with E-state index in [4.69, 9.17) is 5.41 Å². The molecule has 0 fully saturated rings. The van der Waals surface area contributed by atoms with Crippen LogP contribution in [-0.2, 0) is 0 Å².